The van der Waals surface area contributed by atoms with Crippen LogP contribution in [-0.4, -0.2) is 42.5 Å². The number of nitrogens with zero attached hydrogens (tertiary/aromatic N) is 1. The van der Waals surface area contributed by atoms with E-state index in [4.69, 9.17) is 4.74 Å². The summed E-state index contributed by atoms with van der Waals surface area (Å²) < 4.78 is 5.80. The van der Waals surface area contributed by atoms with Gasteiger partial charge >= 0.3 is 0 Å². The van der Waals surface area contributed by atoms with Crippen molar-refractivity contribution in [2.75, 3.05) is 19.7 Å². The fourth-order valence-electron chi connectivity index (χ4n) is 4.92. The van der Waals surface area contributed by atoms with Gasteiger partial charge in [0.1, 0.15) is 12.4 Å². The number of fused-ring (bicyclic) bond motifs is 1. The van der Waals surface area contributed by atoms with Crippen LogP contribution in [0.3, 0.4) is 0 Å². The van der Waals surface area contributed by atoms with Crippen molar-refractivity contribution < 1.29 is 14.3 Å². The zero-order chi connectivity index (χ0) is 18.7. The van der Waals surface area contributed by atoms with E-state index in [1.807, 2.05) is 18.2 Å². The molecule has 1 N–H and O–H groups in total. The Bertz CT molecular complexity index is 677. The number of imide groups is 1. The highest BCUT2D eigenvalue weighted by Crippen LogP contribution is 2.46. The molecule has 0 radical (unpaired) electrons. The molecule has 0 aromatic heterocycles. The average molecular weight is 370 g/mol. The van der Waals surface area contributed by atoms with Gasteiger partial charge < -0.3 is 10.1 Å². The lowest BCUT2D eigenvalue weighted by Gasteiger charge is -2.37. The van der Waals surface area contributed by atoms with Crippen LogP contribution in [0.25, 0.3) is 0 Å². The van der Waals surface area contributed by atoms with Crippen LogP contribution < -0.4 is 10.1 Å². The Labute approximate surface area is 161 Å². The standard InChI is InChI=1S/C22H30N2O3/c25-20-14-22(9-3-4-10-22)15-21(26)24(20)12-6-5-11-23-18-13-17-7-1-2-8-19(17)27-16-18/h1-2,7-8,18,23H,3-6,9-16H2. The van der Waals surface area contributed by atoms with Crippen molar-refractivity contribution in [2.45, 2.75) is 63.8 Å². The van der Waals surface area contributed by atoms with Crippen molar-refractivity contribution in [3.8, 4) is 5.75 Å². The Morgan fingerprint density at radius 3 is 2.59 bits per heavy atom. The van der Waals surface area contributed by atoms with Crippen LogP contribution in [0, 0.1) is 5.41 Å². The molecule has 1 aromatic carbocycles. The second kappa shape index (κ2) is 8.01. The fourth-order valence-corrected chi connectivity index (χ4v) is 4.92. The molecule has 27 heavy (non-hydrogen) atoms. The van der Waals surface area contributed by atoms with E-state index in [2.05, 4.69) is 11.4 Å². The average Bonchev–Trinajstić information content (AvgIpc) is 3.10. The number of carbonyl (C=O) groups excluding carboxylic acids is 2. The molecule has 3 aliphatic rings. The third-order valence-electron chi connectivity index (χ3n) is 6.44. The minimum absolute atomic E-state index is 0.00347. The minimum atomic E-state index is 0.00347. The van der Waals surface area contributed by atoms with Gasteiger partial charge in [-0.25, -0.2) is 0 Å². The Morgan fingerprint density at radius 1 is 1.07 bits per heavy atom. The van der Waals surface area contributed by atoms with Gasteiger partial charge in [-0.1, -0.05) is 31.0 Å². The number of rotatable bonds is 6. The number of piperidine rings is 1. The van der Waals surface area contributed by atoms with Gasteiger partial charge in [-0.3, -0.25) is 14.5 Å². The maximum absolute atomic E-state index is 12.5. The van der Waals surface area contributed by atoms with E-state index in [-0.39, 0.29) is 17.2 Å². The van der Waals surface area contributed by atoms with Crippen molar-refractivity contribution in [2.24, 2.45) is 5.41 Å². The number of benzene rings is 1. The molecule has 1 aromatic rings. The number of unbranched alkanes of at least 4 members (excludes halogenated alkanes) is 1. The normalized spacial score (nSPS) is 24.1. The predicted molar refractivity (Wildman–Crippen MR) is 104 cm³/mol. The van der Waals surface area contributed by atoms with Crippen LogP contribution in [0.1, 0.15) is 56.9 Å². The highest BCUT2D eigenvalue weighted by molar-refractivity contribution is 5.98. The van der Waals surface area contributed by atoms with Gasteiger partial charge in [-0.05, 0) is 55.7 Å². The number of carbonyl (C=O) groups is 2. The highest BCUT2D eigenvalue weighted by Gasteiger charge is 2.44. The van der Waals surface area contributed by atoms with Crippen molar-refractivity contribution in [3.63, 3.8) is 0 Å². The molecule has 1 aliphatic carbocycles. The van der Waals surface area contributed by atoms with Crippen molar-refractivity contribution >= 4 is 11.8 Å². The van der Waals surface area contributed by atoms with Gasteiger partial charge in [0.15, 0.2) is 0 Å². The third kappa shape index (κ3) is 4.18. The molecular formula is C22H30N2O3. The van der Waals surface area contributed by atoms with Crippen molar-refractivity contribution in [1.29, 1.82) is 0 Å². The van der Waals surface area contributed by atoms with E-state index in [0.29, 0.717) is 32.0 Å². The number of hydrogen-bond acceptors (Lipinski definition) is 4. The molecule has 5 heteroatoms. The topological polar surface area (TPSA) is 58.6 Å². The highest BCUT2D eigenvalue weighted by atomic mass is 16.5. The van der Waals surface area contributed by atoms with Gasteiger partial charge in [0.05, 0.1) is 0 Å². The summed E-state index contributed by atoms with van der Waals surface area (Å²) >= 11 is 0. The van der Waals surface area contributed by atoms with Crippen LogP contribution in [0.2, 0.25) is 0 Å². The fraction of sp³-hybridized carbons (Fsp3) is 0.636. The maximum atomic E-state index is 12.5. The molecule has 4 rings (SSSR count). The first-order chi connectivity index (χ1) is 13.2. The predicted octanol–water partition coefficient (Wildman–Crippen LogP) is 3.07. The number of ether oxygens (including phenoxy) is 1. The summed E-state index contributed by atoms with van der Waals surface area (Å²) in [5, 5.41) is 3.55. The molecule has 2 amide bonds. The molecule has 1 saturated heterocycles. The van der Waals surface area contributed by atoms with E-state index in [1.165, 1.54) is 23.3 Å². The third-order valence-corrected chi connectivity index (χ3v) is 6.44. The molecule has 2 fully saturated rings. The molecule has 1 unspecified atom stereocenters. The number of nitrogens with one attached hydrogen (secondary N) is 1. The first kappa shape index (κ1) is 18.5. The van der Waals surface area contributed by atoms with Crippen LogP contribution >= 0.6 is 0 Å². The zero-order valence-corrected chi connectivity index (χ0v) is 16.0. The quantitative estimate of drug-likeness (QED) is 0.618. The summed E-state index contributed by atoms with van der Waals surface area (Å²) in [5.41, 5.74) is 1.26. The maximum Gasteiger partial charge on any atom is 0.229 e. The van der Waals surface area contributed by atoms with Gasteiger partial charge in [0.25, 0.3) is 0 Å². The molecule has 146 valence electrons. The smallest absolute Gasteiger partial charge is 0.229 e. The van der Waals surface area contributed by atoms with Crippen LogP contribution in [-0.2, 0) is 16.0 Å². The number of likely N-dealkylation sites (tertiary alicyclic amines) is 1. The summed E-state index contributed by atoms with van der Waals surface area (Å²) in [7, 11) is 0. The first-order valence-corrected chi connectivity index (χ1v) is 10.4. The lowest BCUT2D eigenvalue weighted by molar-refractivity contribution is -0.153. The van der Waals surface area contributed by atoms with E-state index in [0.717, 1.165) is 44.4 Å². The molecule has 0 bridgehead atoms. The summed E-state index contributed by atoms with van der Waals surface area (Å²) in [6, 6.07) is 8.53. The number of hydrogen-bond donors (Lipinski definition) is 1. The van der Waals surface area contributed by atoms with Gasteiger partial charge in [-0.2, -0.15) is 0 Å². The Hall–Kier alpha value is -1.88. The van der Waals surface area contributed by atoms with Crippen LogP contribution in [0.5, 0.6) is 5.75 Å². The molecule has 2 heterocycles. The molecule has 1 spiro atoms. The second-order valence-corrected chi connectivity index (χ2v) is 8.48. The monoisotopic (exact) mass is 370 g/mol. The summed E-state index contributed by atoms with van der Waals surface area (Å²) in [6.45, 7) is 2.15. The minimum Gasteiger partial charge on any atom is -0.492 e. The van der Waals surface area contributed by atoms with Crippen molar-refractivity contribution in [3.05, 3.63) is 29.8 Å². The lowest BCUT2D eigenvalue weighted by Crippen LogP contribution is -2.47. The van der Waals surface area contributed by atoms with Crippen LogP contribution in [0.4, 0.5) is 0 Å². The molecule has 1 atom stereocenters. The number of amides is 2. The Morgan fingerprint density at radius 2 is 1.81 bits per heavy atom. The zero-order valence-electron chi connectivity index (χ0n) is 16.0. The Kier molecular flexibility index (Phi) is 5.48. The SMILES string of the molecule is O=C1CC2(CCCC2)CC(=O)N1CCCCNC1COc2ccccc2C1. The van der Waals surface area contributed by atoms with E-state index < -0.39 is 0 Å². The van der Waals surface area contributed by atoms with Gasteiger partial charge in [-0.15, -0.1) is 0 Å². The summed E-state index contributed by atoms with van der Waals surface area (Å²) in [5.74, 6) is 1.11. The molecule has 2 aliphatic heterocycles. The summed E-state index contributed by atoms with van der Waals surface area (Å²) in [6.07, 6.45) is 8.40. The van der Waals surface area contributed by atoms with Gasteiger partial charge in [0, 0.05) is 25.4 Å². The number of para-hydroxylation sites is 1. The molecular weight excluding hydrogens is 340 g/mol. The lowest BCUT2D eigenvalue weighted by atomic mass is 9.76. The van der Waals surface area contributed by atoms with E-state index >= 15 is 0 Å². The Balaban J connectivity index is 1.17. The largest absolute Gasteiger partial charge is 0.492 e. The first-order valence-electron chi connectivity index (χ1n) is 10.4. The van der Waals surface area contributed by atoms with Crippen molar-refractivity contribution in [1.82, 2.24) is 10.2 Å². The molecule has 5 nitrogen and oxygen atoms in total. The summed E-state index contributed by atoms with van der Waals surface area (Å²) in [4.78, 5) is 26.5. The molecule has 1 saturated carbocycles. The second-order valence-electron chi connectivity index (χ2n) is 8.48. The van der Waals surface area contributed by atoms with Gasteiger partial charge in [0.2, 0.25) is 11.8 Å². The van der Waals surface area contributed by atoms with Crippen LogP contribution in [0.15, 0.2) is 24.3 Å². The van der Waals surface area contributed by atoms with E-state index in [9.17, 15) is 9.59 Å². The van der Waals surface area contributed by atoms with E-state index in [1.54, 1.807) is 0 Å².